The van der Waals surface area contributed by atoms with Gasteiger partial charge in [-0.15, -0.1) is 11.3 Å². The van der Waals surface area contributed by atoms with Crippen molar-refractivity contribution in [3.05, 3.63) is 45.9 Å². The maximum Gasteiger partial charge on any atom is 0.246 e. The number of benzene rings is 1. The first-order chi connectivity index (χ1) is 13.6. The SMILES string of the molecule is CCOc1ccc(C=CC(=O)N2CCN(Cc3csc(C)n3)CC2)cc1OC. The number of hydrogen-bond acceptors (Lipinski definition) is 6. The topological polar surface area (TPSA) is 54.9 Å². The number of aryl methyl sites for hydroxylation is 1. The molecule has 3 rings (SSSR count). The fourth-order valence-corrected chi connectivity index (χ4v) is 3.78. The summed E-state index contributed by atoms with van der Waals surface area (Å²) in [4.78, 5) is 21.3. The smallest absolute Gasteiger partial charge is 0.246 e. The van der Waals surface area contributed by atoms with E-state index in [1.165, 1.54) is 0 Å². The fourth-order valence-electron chi connectivity index (χ4n) is 3.17. The third-order valence-corrected chi connectivity index (χ3v) is 5.46. The molecular weight excluding hydrogens is 374 g/mol. The normalized spacial score (nSPS) is 15.2. The second kappa shape index (κ2) is 9.71. The molecule has 1 aliphatic rings. The van der Waals surface area contributed by atoms with Gasteiger partial charge in [0.15, 0.2) is 11.5 Å². The van der Waals surface area contributed by atoms with E-state index in [0.717, 1.165) is 49.0 Å². The van der Waals surface area contributed by atoms with E-state index in [1.807, 2.05) is 43.0 Å². The van der Waals surface area contributed by atoms with Crippen LogP contribution in [0.3, 0.4) is 0 Å². The molecule has 0 aliphatic carbocycles. The van der Waals surface area contributed by atoms with Crippen LogP contribution in [-0.2, 0) is 11.3 Å². The summed E-state index contributed by atoms with van der Waals surface area (Å²) in [7, 11) is 1.61. The Labute approximate surface area is 170 Å². The molecule has 0 radical (unpaired) electrons. The standard InChI is InChI=1S/C21H27N3O3S/c1-4-27-19-7-5-17(13-20(19)26-3)6-8-21(25)24-11-9-23(10-12-24)14-18-15-28-16(2)22-18/h5-8,13,15H,4,9-12,14H2,1-3H3. The number of aromatic nitrogens is 1. The van der Waals surface area contributed by atoms with Crippen LogP contribution in [0.1, 0.15) is 23.2 Å². The second-order valence-electron chi connectivity index (χ2n) is 6.64. The molecule has 150 valence electrons. The number of piperazine rings is 1. The lowest BCUT2D eigenvalue weighted by molar-refractivity contribution is -0.127. The Morgan fingerprint density at radius 2 is 2.04 bits per heavy atom. The highest BCUT2D eigenvalue weighted by atomic mass is 32.1. The van der Waals surface area contributed by atoms with E-state index in [0.29, 0.717) is 18.1 Å². The van der Waals surface area contributed by atoms with Crippen molar-refractivity contribution in [2.24, 2.45) is 0 Å². The zero-order valence-electron chi connectivity index (χ0n) is 16.7. The van der Waals surface area contributed by atoms with Crippen LogP contribution in [0.15, 0.2) is 29.7 Å². The first-order valence-electron chi connectivity index (χ1n) is 9.50. The largest absolute Gasteiger partial charge is 0.493 e. The molecule has 7 heteroatoms. The molecule has 28 heavy (non-hydrogen) atoms. The number of nitrogens with zero attached hydrogens (tertiary/aromatic N) is 3. The number of carbonyl (C=O) groups excluding carboxylic acids is 1. The average molecular weight is 402 g/mol. The van der Waals surface area contributed by atoms with E-state index < -0.39 is 0 Å². The van der Waals surface area contributed by atoms with Crippen LogP contribution in [0.25, 0.3) is 6.08 Å². The summed E-state index contributed by atoms with van der Waals surface area (Å²) in [5.41, 5.74) is 2.03. The molecule has 0 spiro atoms. The predicted molar refractivity (Wildman–Crippen MR) is 112 cm³/mol. The third kappa shape index (κ3) is 5.33. The molecule has 0 saturated carbocycles. The summed E-state index contributed by atoms with van der Waals surface area (Å²) in [5.74, 6) is 1.42. The number of methoxy groups -OCH3 is 1. The van der Waals surface area contributed by atoms with Gasteiger partial charge in [-0.3, -0.25) is 9.69 Å². The molecule has 6 nitrogen and oxygen atoms in total. The highest BCUT2D eigenvalue weighted by Crippen LogP contribution is 2.28. The quantitative estimate of drug-likeness (QED) is 0.667. The molecule has 1 aromatic carbocycles. The zero-order valence-corrected chi connectivity index (χ0v) is 17.5. The third-order valence-electron chi connectivity index (χ3n) is 4.64. The Bertz CT molecular complexity index is 826. The Kier molecular flexibility index (Phi) is 7.06. The van der Waals surface area contributed by atoms with Gasteiger partial charge in [0.2, 0.25) is 5.91 Å². The zero-order chi connectivity index (χ0) is 19.9. The van der Waals surface area contributed by atoms with Crippen molar-refractivity contribution in [2.45, 2.75) is 20.4 Å². The van der Waals surface area contributed by atoms with E-state index >= 15 is 0 Å². The first kappa shape index (κ1) is 20.4. The molecule has 2 heterocycles. The molecule has 1 fully saturated rings. The molecule has 1 aliphatic heterocycles. The molecular formula is C21H27N3O3S. The maximum atomic E-state index is 12.5. The number of thiazole rings is 1. The van der Waals surface area contributed by atoms with Gasteiger partial charge in [0.25, 0.3) is 0 Å². The molecule has 1 aromatic heterocycles. The number of amides is 1. The lowest BCUT2D eigenvalue weighted by Crippen LogP contribution is -2.47. The molecule has 1 saturated heterocycles. The first-order valence-corrected chi connectivity index (χ1v) is 10.4. The minimum atomic E-state index is 0.0389. The number of carbonyl (C=O) groups is 1. The van der Waals surface area contributed by atoms with E-state index in [2.05, 4.69) is 15.3 Å². The molecule has 2 aromatic rings. The van der Waals surface area contributed by atoms with Crippen LogP contribution in [0.5, 0.6) is 11.5 Å². The van der Waals surface area contributed by atoms with E-state index in [9.17, 15) is 4.79 Å². The van der Waals surface area contributed by atoms with Crippen molar-refractivity contribution in [1.29, 1.82) is 0 Å². The van der Waals surface area contributed by atoms with Crippen molar-refractivity contribution in [1.82, 2.24) is 14.8 Å². The second-order valence-corrected chi connectivity index (χ2v) is 7.70. The van der Waals surface area contributed by atoms with Gasteiger partial charge in [-0.2, -0.15) is 0 Å². The highest BCUT2D eigenvalue weighted by Gasteiger charge is 2.20. The van der Waals surface area contributed by atoms with Gasteiger partial charge < -0.3 is 14.4 Å². The summed E-state index contributed by atoms with van der Waals surface area (Å²) >= 11 is 1.68. The van der Waals surface area contributed by atoms with Crippen molar-refractivity contribution >= 4 is 23.3 Å². The van der Waals surface area contributed by atoms with Crippen LogP contribution in [0, 0.1) is 6.92 Å². The molecule has 1 amide bonds. The van der Waals surface area contributed by atoms with Gasteiger partial charge in [0.05, 0.1) is 24.4 Å². The summed E-state index contributed by atoms with van der Waals surface area (Å²) in [5, 5.41) is 3.21. The Morgan fingerprint density at radius 3 is 2.68 bits per heavy atom. The van der Waals surface area contributed by atoms with E-state index in [1.54, 1.807) is 24.5 Å². The van der Waals surface area contributed by atoms with Crippen LogP contribution in [-0.4, -0.2) is 60.6 Å². The van der Waals surface area contributed by atoms with E-state index in [-0.39, 0.29) is 5.91 Å². The lowest BCUT2D eigenvalue weighted by Gasteiger charge is -2.33. The molecule has 0 bridgehead atoms. The fraction of sp³-hybridized carbons (Fsp3) is 0.429. The lowest BCUT2D eigenvalue weighted by atomic mass is 10.2. The van der Waals surface area contributed by atoms with Crippen molar-refractivity contribution < 1.29 is 14.3 Å². The van der Waals surface area contributed by atoms with Crippen molar-refractivity contribution in [3.63, 3.8) is 0 Å². The predicted octanol–water partition coefficient (Wildman–Crippen LogP) is 3.22. The number of ether oxygens (including phenoxy) is 2. The average Bonchev–Trinajstić information content (AvgIpc) is 3.12. The number of rotatable bonds is 7. The van der Waals surface area contributed by atoms with Crippen LogP contribution >= 0.6 is 11.3 Å². The summed E-state index contributed by atoms with van der Waals surface area (Å²) in [6.07, 6.45) is 3.46. The minimum absolute atomic E-state index is 0.0389. The molecule has 0 N–H and O–H groups in total. The summed E-state index contributed by atoms with van der Waals surface area (Å²) in [6.45, 7) is 8.60. The summed E-state index contributed by atoms with van der Waals surface area (Å²) in [6, 6.07) is 5.67. The van der Waals surface area contributed by atoms with Crippen LogP contribution in [0.4, 0.5) is 0 Å². The van der Waals surface area contributed by atoms with E-state index in [4.69, 9.17) is 9.47 Å². The highest BCUT2D eigenvalue weighted by molar-refractivity contribution is 7.09. The minimum Gasteiger partial charge on any atom is -0.493 e. The van der Waals surface area contributed by atoms with Crippen molar-refractivity contribution in [3.8, 4) is 11.5 Å². The monoisotopic (exact) mass is 401 g/mol. The molecule has 0 atom stereocenters. The van der Waals surface area contributed by atoms with Crippen LogP contribution < -0.4 is 9.47 Å². The maximum absolute atomic E-state index is 12.5. The molecule has 0 unspecified atom stereocenters. The number of hydrogen-bond donors (Lipinski definition) is 0. The van der Waals surface area contributed by atoms with Gasteiger partial charge in [0, 0.05) is 44.2 Å². The Balaban J connectivity index is 1.52. The van der Waals surface area contributed by atoms with Gasteiger partial charge in [-0.05, 0) is 37.6 Å². The Morgan fingerprint density at radius 1 is 1.25 bits per heavy atom. The van der Waals surface area contributed by atoms with Gasteiger partial charge in [-0.25, -0.2) is 4.98 Å². The van der Waals surface area contributed by atoms with Gasteiger partial charge >= 0.3 is 0 Å². The van der Waals surface area contributed by atoms with Gasteiger partial charge in [0.1, 0.15) is 0 Å². The van der Waals surface area contributed by atoms with Crippen molar-refractivity contribution in [2.75, 3.05) is 39.9 Å². The Hall–Kier alpha value is -2.38. The van der Waals surface area contributed by atoms with Gasteiger partial charge in [-0.1, -0.05) is 6.07 Å². The van der Waals surface area contributed by atoms with Crippen LogP contribution in [0.2, 0.25) is 0 Å². The summed E-state index contributed by atoms with van der Waals surface area (Å²) < 4.78 is 10.9.